The maximum Gasteiger partial charge on any atom is 0.269 e. The van der Waals surface area contributed by atoms with Crippen LogP contribution < -0.4 is 19.7 Å². The number of benzene rings is 4. The van der Waals surface area contributed by atoms with E-state index in [2.05, 4.69) is 13.1 Å². The van der Waals surface area contributed by atoms with Crippen molar-refractivity contribution in [1.29, 1.82) is 0 Å². The van der Waals surface area contributed by atoms with Gasteiger partial charge in [0.15, 0.2) is 5.60 Å². The van der Waals surface area contributed by atoms with Crippen LogP contribution in [0.5, 0.6) is 5.75 Å². The molecule has 13 heteroatoms. The molecule has 0 bridgehead atoms. The first kappa shape index (κ1) is 38.5. The van der Waals surface area contributed by atoms with Gasteiger partial charge in [0.2, 0.25) is 11.8 Å². The Bertz CT molecular complexity index is 2250. The molecule has 57 heavy (non-hydrogen) atoms. The van der Waals surface area contributed by atoms with Crippen molar-refractivity contribution in [2.24, 2.45) is 5.92 Å². The SMILES string of the molecule is COc1ccc([Si](C)(C)[C@@H]2[C@@H](CC(=O)N3Cc4ccccc4C[C@H]3CO)O[C@]3(C(=O)N(Cc4cccc(N5CCCC5=O)c4)c4ccc([N+](=O)[O-])cc43)[C@H]2C)cc1. The Kier molecular flexibility index (Phi) is 10.0. The van der Waals surface area contributed by atoms with Crippen LogP contribution in [0, 0.1) is 16.0 Å². The average molecular weight is 789 g/mol. The van der Waals surface area contributed by atoms with Crippen molar-refractivity contribution in [3.63, 3.8) is 0 Å². The van der Waals surface area contributed by atoms with E-state index in [9.17, 15) is 24.8 Å². The van der Waals surface area contributed by atoms with Crippen molar-refractivity contribution in [3.05, 3.63) is 123 Å². The third kappa shape index (κ3) is 6.51. The van der Waals surface area contributed by atoms with Crippen LogP contribution in [0.4, 0.5) is 17.1 Å². The van der Waals surface area contributed by atoms with Gasteiger partial charge in [-0.2, -0.15) is 0 Å². The fourth-order valence-electron chi connectivity index (χ4n) is 10.0. The molecule has 4 aromatic rings. The maximum absolute atomic E-state index is 15.4. The normalized spacial score (nSPS) is 24.3. The molecule has 4 aromatic carbocycles. The summed E-state index contributed by atoms with van der Waals surface area (Å²) in [7, 11) is -1.04. The molecule has 2 fully saturated rings. The van der Waals surface area contributed by atoms with Crippen LogP contribution in [0.15, 0.2) is 91.0 Å². The second kappa shape index (κ2) is 14.9. The number of hydrogen-bond donors (Lipinski definition) is 1. The molecule has 8 rings (SSSR count). The molecule has 4 aliphatic rings. The minimum absolute atomic E-state index is 0.0363. The Morgan fingerprint density at radius 2 is 1.77 bits per heavy atom. The van der Waals surface area contributed by atoms with Crippen molar-refractivity contribution in [3.8, 4) is 5.75 Å². The number of methoxy groups -OCH3 is 1. The van der Waals surface area contributed by atoms with E-state index in [-0.39, 0.29) is 48.5 Å². The molecule has 0 radical (unpaired) electrons. The fourth-order valence-corrected chi connectivity index (χ4v) is 14.0. The van der Waals surface area contributed by atoms with Gasteiger partial charge in [0.1, 0.15) is 5.75 Å². The van der Waals surface area contributed by atoms with E-state index < -0.39 is 36.7 Å². The second-order valence-electron chi connectivity index (χ2n) is 16.4. The summed E-state index contributed by atoms with van der Waals surface area (Å²) in [6, 6.07) is 27.6. The van der Waals surface area contributed by atoms with Crippen molar-refractivity contribution in [1.82, 2.24) is 4.90 Å². The summed E-state index contributed by atoms with van der Waals surface area (Å²) in [5.74, 6) is -0.251. The smallest absolute Gasteiger partial charge is 0.269 e. The number of anilines is 2. The molecule has 5 atom stereocenters. The van der Waals surface area contributed by atoms with Gasteiger partial charge in [-0.15, -0.1) is 0 Å². The van der Waals surface area contributed by atoms with Crippen LogP contribution in [-0.4, -0.2) is 73.1 Å². The van der Waals surface area contributed by atoms with Crippen LogP contribution in [0.1, 0.15) is 48.4 Å². The Balaban J connectivity index is 1.21. The zero-order chi connectivity index (χ0) is 40.2. The third-order valence-corrected chi connectivity index (χ3v) is 17.3. The number of nitro benzene ring substituents is 1. The zero-order valence-corrected chi connectivity index (χ0v) is 33.7. The van der Waals surface area contributed by atoms with E-state index >= 15 is 4.79 Å². The molecule has 1 N–H and O–H groups in total. The first-order valence-electron chi connectivity index (χ1n) is 19.7. The molecule has 12 nitrogen and oxygen atoms in total. The molecule has 0 aromatic heterocycles. The van der Waals surface area contributed by atoms with Gasteiger partial charge in [-0.1, -0.05) is 73.7 Å². The highest BCUT2D eigenvalue weighted by Gasteiger charge is 2.67. The fraction of sp³-hybridized carbons (Fsp3) is 0.386. The van der Waals surface area contributed by atoms with Gasteiger partial charge in [0, 0.05) is 48.8 Å². The Morgan fingerprint density at radius 1 is 1.02 bits per heavy atom. The largest absolute Gasteiger partial charge is 0.497 e. The van der Waals surface area contributed by atoms with Crippen molar-refractivity contribution < 1.29 is 33.9 Å². The van der Waals surface area contributed by atoms with Gasteiger partial charge in [0.25, 0.3) is 11.6 Å². The highest BCUT2D eigenvalue weighted by atomic mass is 28.3. The van der Waals surface area contributed by atoms with Gasteiger partial charge in [0.05, 0.1) is 57.5 Å². The van der Waals surface area contributed by atoms with E-state index in [4.69, 9.17) is 9.47 Å². The second-order valence-corrected chi connectivity index (χ2v) is 21.0. The minimum Gasteiger partial charge on any atom is -0.497 e. The van der Waals surface area contributed by atoms with Gasteiger partial charge in [-0.3, -0.25) is 24.5 Å². The van der Waals surface area contributed by atoms with Crippen LogP contribution in [-0.2, 0) is 44.2 Å². The Morgan fingerprint density at radius 3 is 2.46 bits per heavy atom. The monoisotopic (exact) mass is 788 g/mol. The number of amides is 3. The molecule has 2 saturated heterocycles. The molecule has 1 spiro atoms. The lowest BCUT2D eigenvalue weighted by Gasteiger charge is -2.39. The number of carbonyl (C=O) groups excluding carboxylic acids is 3. The van der Waals surface area contributed by atoms with Gasteiger partial charge in [-0.05, 0) is 65.4 Å². The van der Waals surface area contributed by atoms with E-state index in [1.165, 1.54) is 12.1 Å². The van der Waals surface area contributed by atoms with Gasteiger partial charge >= 0.3 is 0 Å². The molecular weight excluding hydrogens is 741 g/mol. The highest BCUT2D eigenvalue weighted by molar-refractivity contribution is 6.91. The summed E-state index contributed by atoms with van der Waals surface area (Å²) in [5, 5.41) is 23.9. The molecule has 3 amide bonds. The predicted molar refractivity (Wildman–Crippen MR) is 218 cm³/mol. The van der Waals surface area contributed by atoms with E-state index in [1.54, 1.807) is 27.9 Å². The molecule has 0 aliphatic carbocycles. The lowest BCUT2D eigenvalue weighted by Crippen LogP contribution is -2.52. The maximum atomic E-state index is 15.4. The van der Waals surface area contributed by atoms with Crippen LogP contribution >= 0.6 is 0 Å². The molecule has 0 unspecified atom stereocenters. The van der Waals surface area contributed by atoms with Crippen LogP contribution in [0.2, 0.25) is 18.6 Å². The number of nitrogens with zero attached hydrogens (tertiary/aromatic N) is 4. The first-order chi connectivity index (χ1) is 27.4. The third-order valence-electron chi connectivity index (χ3n) is 12.9. The molecule has 4 aliphatic heterocycles. The quantitative estimate of drug-likeness (QED) is 0.120. The lowest BCUT2D eigenvalue weighted by molar-refractivity contribution is -0.385. The molecule has 4 heterocycles. The minimum atomic E-state index is -2.66. The zero-order valence-electron chi connectivity index (χ0n) is 32.7. The average Bonchev–Trinajstić information content (AvgIpc) is 3.85. The summed E-state index contributed by atoms with van der Waals surface area (Å²) in [4.78, 5) is 59.6. The summed E-state index contributed by atoms with van der Waals surface area (Å²) >= 11 is 0. The summed E-state index contributed by atoms with van der Waals surface area (Å²) in [6.45, 7) is 7.37. The number of carbonyl (C=O) groups is 3. The van der Waals surface area contributed by atoms with Gasteiger partial charge < -0.3 is 29.3 Å². The number of aliphatic hydroxyl groups excluding tert-OH is 1. The first-order valence-corrected chi connectivity index (χ1v) is 22.7. The van der Waals surface area contributed by atoms with Gasteiger partial charge in [-0.25, -0.2) is 0 Å². The van der Waals surface area contributed by atoms with Crippen LogP contribution in [0.3, 0.4) is 0 Å². The number of aliphatic hydroxyl groups is 1. The van der Waals surface area contributed by atoms with Crippen molar-refractivity contribution in [2.75, 3.05) is 30.1 Å². The summed E-state index contributed by atoms with van der Waals surface area (Å²) < 4.78 is 12.7. The number of ether oxygens (including phenoxy) is 2. The van der Waals surface area contributed by atoms with Crippen molar-refractivity contribution in [2.45, 2.75) is 82.1 Å². The standard InChI is InChI=1S/C44H48N4O8Si/c1-28-42(57(3,4)36-17-15-35(55-2)16-18-36)39(24-41(51)46-26-31-11-6-5-10-30(31)22-34(46)27-49)56-44(28)37-23-33(48(53)54)14-19-38(37)47(43(44)52)25-29-9-7-12-32(21-29)45-20-8-13-40(45)50/h5-7,9-12,14-19,21,23,28,34,39,42,49H,8,13,20,22,24-27H2,1-4H3/t28-,34-,39+,42-,44+/m0/s1. The Labute approximate surface area is 333 Å². The number of rotatable bonds is 10. The number of fused-ring (bicyclic) bond motifs is 3. The van der Waals surface area contributed by atoms with E-state index in [0.717, 1.165) is 34.0 Å². The van der Waals surface area contributed by atoms with E-state index in [0.29, 0.717) is 42.9 Å². The molecule has 296 valence electrons. The van der Waals surface area contributed by atoms with E-state index in [1.807, 2.05) is 79.7 Å². The topological polar surface area (TPSA) is 143 Å². The summed E-state index contributed by atoms with van der Waals surface area (Å²) in [6.07, 6.45) is 1.03. The van der Waals surface area contributed by atoms with Crippen molar-refractivity contribution >= 4 is 48.0 Å². The van der Waals surface area contributed by atoms with Crippen LogP contribution in [0.25, 0.3) is 0 Å². The lowest BCUT2D eigenvalue weighted by atomic mass is 9.82. The number of nitro groups is 1. The Hall–Kier alpha value is -5.37. The number of non-ortho nitro benzene ring substituents is 1. The predicted octanol–water partition coefficient (Wildman–Crippen LogP) is 5.83. The highest BCUT2D eigenvalue weighted by Crippen LogP contribution is 2.60. The molecule has 0 saturated carbocycles. The number of hydrogen-bond acceptors (Lipinski definition) is 8. The summed E-state index contributed by atoms with van der Waals surface area (Å²) in [5.41, 5.74) is 2.54. The molecular formula is C44H48N4O8Si.